The molecule has 1 amide bonds. The van der Waals surface area contributed by atoms with Gasteiger partial charge in [-0.15, -0.1) is 0 Å². The Hall–Kier alpha value is -0.860. The Balaban J connectivity index is 1.87. The number of hydrogen-bond acceptors (Lipinski definition) is 2. The Morgan fingerprint density at radius 2 is 1.83 bits per heavy atom. The predicted molar refractivity (Wildman–Crippen MR) is 43.5 cm³/mol. The highest BCUT2D eigenvalue weighted by molar-refractivity contribution is 5.96. The Labute approximate surface area is 71.7 Å². The van der Waals surface area contributed by atoms with Crippen LogP contribution in [0.3, 0.4) is 0 Å². The molecule has 2 aliphatic rings. The van der Waals surface area contributed by atoms with Crippen LogP contribution < -0.4 is 0 Å². The molecule has 1 aliphatic carbocycles. The first kappa shape index (κ1) is 7.77. The lowest BCUT2D eigenvalue weighted by atomic mass is 9.83. The van der Waals surface area contributed by atoms with Crippen LogP contribution >= 0.6 is 0 Å². The van der Waals surface area contributed by atoms with Gasteiger partial charge in [0.05, 0.1) is 5.92 Å². The number of carbonyl (C=O) groups is 2. The van der Waals surface area contributed by atoms with Crippen LogP contribution in [0.25, 0.3) is 0 Å². The van der Waals surface area contributed by atoms with Gasteiger partial charge in [0.1, 0.15) is 5.78 Å². The molecule has 0 aromatic carbocycles. The summed E-state index contributed by atoms with van der Waals surface area (Å²) in [4.78, 5) is 24.1. The lowest BCUT2D eigenvalue weighted by Crippen LogP contribution is -2.40. The van der Waals surface area contributed by atoms with Gasteiger partial charge in [-0.1, -0.05) is 0 Å². The smallest absolute Gasteiger partial charge is 0.226 e. The van der Waals surface area contributed by atoms with Crippen molar-refractivity contribution in [2.24, 2.45) is 5.92 Å². The molecule has 1 saturated carbocycles. The van der Waals surface area contributed by atoms with E-state index in [0.29, 0.717) is 12.8 Å². The second-order valence-corrected chi connectivity index (χ2v) is 3.68. The van der Waals surface area contributed by atoms with Crippen molar-refractivity contribution < 1.29 is 9.59 Å². The van der Waals surface area contributed by atoms with Crippen molar-refractivity contribution in [3.63, 3.8) is 0 Å². The van der Waals surface area contributed by atoms with Gasteiger partial charge in [0, 0.05) is 25.9 Å². The number of ketones is 1. The van der Waals surface area contributed by atoms with Gasteiger partial charge in [-0.25, -0.2) is 0 Å². The first-order valence-corrected chi connectivity index (χ1v) is 4.58. The van der Waals surface area contributed by atoms with Crippen molar-refractivity contribution in [1.82, 2.24) is 4.90 Å². The molecule has 2 rings (SSSR count). The highest BCUT2D eigenvalue weighted by Crippen LogP contribution is 2.26. The molecule has 12 heavy (non-hydrogen) atoms. The van der Waals surface area contributed by atoms with Crippen LogP contribution in [0, 0.1) is 5.92 Å². The molecule has 0 atom stereocenters. The fourth-order valence-corrected chi connectivity index (χ4v) is 1.86. The highest BCUT2D eigenvalue weighted by Gasteiger charge is 2.35. The average Bonchev–Trinajstić information content (AvgIpc) is 2.49. The topological polar surface area (TPSA) is 37.4 Å². The zero-order chi connectivity index (χ0) is 8.55. The van der Waals surface area contributed by atoms with Crippen LogP contribution in [0.1, 0.15) is 25.7 Å². The van der Waals surface area contributed by atoms with Crippen molar-refractivity contribution in [3.05, 3.63) is 0 Å². The minimum atomic E-state index is 0.0376. The maximum atomic E-state index is 11.5. The number of likely N-dealkylation sites (tertiary alicyclic amines) is 1. The summed E-state index contributed by atoms with van der Waals surface area (Å²) in [5.74, 6) is 0.496. The van der Waals surface area contributed by atoms with E-state index in [9.17, 15) is 9.59 Å². The number of amides is 1. The van der Waals surface area contributed by atoms with E-state index in [1.165, 1.54) is 0 Å². The molecule has 1 aliphatic heterocycles. The van der Waals surface area contributed by atoms with Crippen LogP contribution in [-0.2, 0) is 9.59 Å². The fourth-order valence-electron chi connectivity index (χ4n) is 1.86. The Bertz CT molecular complexity index is 211. The van der Waals surface area contributed by atoms with E-state index in [4.69, 9.17) is 0 Å². The monoisotopic (exact) mass is 167 g/mol. The Morgan fingerprint density at radius 3 is 2.33 bits per heavy atom. The Kier molecular flexibility index (Phi) is 1.87. The molecule has 0 spiro atoms. The van der Waals surface area contributed by atoms with Gasteiger partial charge in [0.2, 0.25) is 5.91 Å². The fraction of sp³-hybridized carbons (Fsp3) is 0.778. The predicted octanol–water partition coefficient (Wildman–Crippen LogP) is 0.588. The van der Waals surface area contributed by atoms with Gasteiger partial charge >= 0.3 is 0 Å². The quantitative estimate of drug-likeness (QED) is 0.573. The summed E-state index contributed by atoms with van der Waals surface area (Å²) in [5.41, 5.74) is 0. The molecule has 66 valence electrons. The lowest BCUT2D eigenvalue weighted by molar-refractivity contribution is -0.144. The number of nitrogens with zero attached hydrogens (tertiary/aromatic N) is 1. The molecule has 0 radical (unpaired) electrons. The first-order valence-electron chi connectivity index (χ1n) is 4.58. The van der Waals surface area contributed by atoms with Gasteiger partial charge in [0.15, 0.2) is 0 Å². The second kappa shape index (κ2) is 2.88. The molecule has 0 bridgehead atoms. The second-order valence-electron chi connectivity index (χ2n) is 3.68. The molecule has 1 saturated heterocycles. The molecule has 1 heterocycles. The van der Waals surface area contributed by atoms with Gasteiger partial charge in [-0.2, -0.15) is 0 Å². The standard InChI is InChI=1S/C9H13NO2/c11-8-5-7(6-8)9(12)10-3-1-2-4-10/h7H,1-6H2. The molecule has 3 heteroatoms. The van der Waals surface area contributed by atoms with E-state index in [1.807, 2.05) is 4.90 Å². The van der Waals surface area contributed by atoms with E-state index in [2.05, 4.69) is 0 Å². The first-order chi connectivity index (χ1) is 5.77. The van der Waals surface area contributed by atoms with E-state index < -0.39 is 0 Å². The zero-order valence-corrected chi connectivity index (χ0v) is 7.08. The molecule has 3 nitrogen and oxygen atoms in total. The maximum Gasteiger partial charge on any atom is 0.226 e. The molecule has 0 aromatic heterocycles. The van der Waals surface area contributed by atoms with Gasteiger partial charge in [0.25, 0.3) is 0 Å². The van der Waals surface area contributed by atoms with Crippen molar-refractivity contribution in [2.75, 3.05) is 13.1 Å². The molecule has 0 N–H and O–H groups in total. The highest BCUT2D eigenvalue weighted by atomic mass is 16.2. The van der Waals surface area contributed by atoms with Gasteiger partial charge < -0.3 is 4.90 Å². The van der Waals surface area contributed by atoms with Crippen LogP contribution in [0.15, 0.2) is 0 Å². The van der Waals surface area contributed by atoms with Crippen LogP contribution in [-0.4, -0.2) is 29.7 Å². The number of carbonyl (C=O) groups excluding carboxylic acids is 2. The van der Waals surface area contributed by atoms with E-state index >= 15 is 0 Å². The Morgan fingerprint density at radius 1 is 1.25 bits per heavy atom. The molecule has 0 unspecified atom stereocenters. The zero-order valence-electron chi connectivity index (χ0n) is 7.08. The summed E-state index contributed by atoms with van der Waals surface area (Å²) in [7, 11) is 0. The average molecular weight is 167 g/mol. The van der Waals surface area contributed by atoms with Crippen LogP contribution in [0.2, 0.25) is 0 Å². The summed E-state index contributed by atoms with van der Waals surface area (Å²) in [6.07, 6.45) is 3.25. The van der Waals surface area contributed by atoms with E-state index in [0.717, 1.165) is 25.9 Å². The summed E-state index contributed by atoms with van der Waals surface area (Å²) < 4.78 is 0. The van der Waals surface area contributed by atoms with Gasteiger partial charge in [-0.3, -0.25) is 9.59 Å². The van der Waals surface area contributed by atoms with Crippen molar-refractivity contribution in [1.29, 1.82) is 0 Å². The third-order valence-electron chi connectivity index (χ3n) is 2.72. The SMILES string of the molecule is O=C1CC(C(=O)N2CCCC2)C1. The number of rotatable bonds is 1. The minimum absolute atomic E-state index is 0.0376. The normalized spacial score (nSPS) is 24.3. The summed E-state index contributed by atoms with van der Waals surface area (Å²) in [6.45, 7) is 1.81. The molecule has 0 aromatic rings. The number of Topliss-reactive ketones (excluding diaryl/α,β-unsaturated/α-hetero) is 1. The van der Waals surface area contributed by atoms with Gasteiger partial charge in [-0.05, 0) is 12.8 Å². The van der Waals surface area contributed by atoms with Crippen molar-refractivity contribution >= 4 is 11.7 Å². The van der Waals surface area contributed by atoms with Crippen molar-refractivity contribution in [3.8, 4) is 0 Å². The summed E-state index contributed by atoms with van der Waals surface area (Å²) in [5, 5.41) is 0. The third-order valence-corrected chi connectivity index (χ3v) is 2.72. The maximum absolute atomic E-state index is 11.5. The third kappa shape index (κ3) is 1.24. The minimum Gasteiger partial charge on any atom is -0.342 e. The molecule has 2 fully saturated rings. The van der Waals surface area contributed by atoms with Crippen molar-refractivity contribution in [2.45, 2.75) is 25.7 Å². The van der Waals surface area contributed by atoms with E-state index in [-0.39, 0.29) is 17.6 Å². The van der Waals surface area contributed by atoms with Crippen LogP contribution in [0.4, 0.5) is 0 Å². The lowest BCUT2D eigenvalue weighted by Gasteiger charge is -2.27. The van der Waals surface area contributed by atoms with E-state index in [1.54, 1.807) is 0 Å². The number of hydrogen-bond donors (Lipinski definition) is 0. The molecular formula is C9H13NO2. The van der Waals surface area contributed by atoms with Crippen LogP contribution in [0.5, 0.6) is 0 Å². The summed E-state index contributed by atoms with van der Waals surface area (Å²) in [6, 6.07) is 0. The summed E-state index contributed by atoms with van der Waals surface area (Å²) >= 11 is 0. The molecular weight excluding hydrogens is 154 g/mol. The largest absolute Gasteiger partial charge is 0.342 e.